The van der Waals surface area contributed by atoms with Gasteiger partial charge in [-0.05, 0) is 37.2 Å². The Morgan fingerprint density at radius 3 is 2.45 bits per heavy atom. The van der Waals surface area contributed by atoms with E-state index < -0.39 is 0 Å². The second-order valence-electron chi connectivity index (χ2n) is 6.85. The highest BCUT2D eigenvalue weighted by molar-refractivity contribution is 5.79. The molecule has 0 saturated heterocycles. The summed E-state index contributed by atoms with van der Waals surface area (Å²) >= 11 is 0. The molecular weight excluding hydrogens is 246 g/mol. The zero-order valence-corrected chi connectivity index (χ0v) is 13.0. The number of amides is 1. The van der Waals surface area contributed by atoms with Crippen molar-refractivity contribution >= 4 is 5.91 Å². The van der Waals surface area contributed by atoms with Gasteiger partial charge in [0, 0.05) is 12.0 Å². The van der Waals surface area contributed by atoms with Crippen LogP contribution in [-0.4, -0.2) is 11.9 Å². The van der Waals surface area contributed by atoms with E-state index in [1.165, 1.54) is 18.4 Å². The molecular formula is C18H27NO. The average molecular weight is 273 g/mol. The second-order valence-corrected chi connectivity index (χ2v) is 6.85. The van der Waals surface area contributed by atoms with Gasteiger partial charge < -0.3 is 5.32 Å². The molecule has 0 aliphatic heterocycles. The van der Waals surface area contributed by atoms with Crippen LogP contribution in [0, 0.1) is 5.92 Å². The zero-order valence-electron chi connectivity index (χ0n) is 13.0. The highest BCUT2D eigenvalue weighted by atomic mass is 16.1. The van der Waals surface area contributed by atoms with E-state index in [1.54, 1.807) is 0 Å². The molecule has 1 aliphatic rings. The molecule has 110 valence electrons. The van der Waals surface area contributed by atoms with E-state index in [-0.39, 0.29) is 23.3 Å². The average Bonchev–Trinajstić information content (AvgIpc) is 2.93. The van der Waals surface area contributed by atoms with Crippen LogP contribution >= 0.6 is 0 Å². The van der Waals surface area contributed by atoms with E-state index in [2.05, 4.69) is 50.4 Å². The monoisotopic (exact) mass is 273 g/mol. The first kappa shape index (κ1) is 15.1. The number of carbonyl (C=O) groups excluding carboxylic acids is 1. The van der Waals surface area contributed by atoms with Crippen molar-refractivity contribution in [2.24, 2.45) is 5.92 Å². The molecule has 20 heavy (non-hydrogen) atoms. The maximum Gasteiger partial charge on any atom is 0.223 e. The SMILES string of the molecule is C[C@@H](CC(C)(C)c1ccccc1)NC(=O)C1CCCC1. The Labute approximate surface area is 123 Å². The van der Waals surface area contributed by atoms with E-state index >= 15 is 0 Å². The molecule has 1 aliphatic carbocycles. The first-order valence-corrected chi connectivity index (χ1v) is 7.85. The Morgan fingerprint density at radius 1 is 1.25 bits per heavy atom. The predicted molar refractivity (Wildman–Crippen MR) is 83.6 cm³/mol. The lowest BCUT2D eigenvalue weighted by Crippen LogP contribution is -2.39. The number of hydrogen-bond acceptors (Lipinski definition) is 1. The minimum atomic E-state index is 0.0869. The number of rotatable bonds is 5. The van der Waals surface area contributed by atoms with Crippen molar-refractivity contribution in [2.45, 2.75) is 64.3 Å². The fourth-order valence-electron chi connectivity index (χ4n) is 3.37. The van der Waals surface area contributed by atoms with Crippen LogP contribution in [0.5, 0.6) is 0 Å². The number of nitrogens with one attached hydrogen (secondary N) is 1. The van der Waals surface area contributed by atoms with Crippen LogP contribution in [0.1, 0.15) is 58.4 Å². The largest absolute Gasteiger partial charge is 0.353 e. The Bertz CT molecular complexity index is 432. The highest BCUT2D eigenvalue weighted by Crippen LogP contribution is 2.29. The molecule has 0 heterocycles. The molecule has 1 aromatic rings. The van der Waals surface area contributed by atoms with Crippen LogP contribution in [0.15, 0.2) is 30.3 Å². The molecule has 2 heteroatoms. The zero-order chi connectivity index (χ0) is 14.6. The first-order chi connectivity index (χ1) is 9.49. The fourth-order valence-corrected chi connectivity index (χ4v) is 3.37. The topological polar surface area (TPSA) is 29.1 Å². The molecule has 1 fully saturated rings. The summed E-state index contributed by atoms with van der Waals surface area (Å²) in [5, 5.41) is 3.21. The third-order valence-corrected chi connectivity index (χ3v) is 4.49. The van der Waals surface area contributed by atoms with Crippen LogP contribution < -0.4 is 5.32 Å². The maximum atomic E-state index is 12.2. The van der Waals surface area contributed by atoms with Gasteiger partial charge in [0.15, 0.2) is 0 Å². The molecule has 0 bridgehead atoms. The molecule has 2 nitrogen and oxygen atoms in total. The van der Waals surface area contributed by atoms with Crippen LogP contribution in [0.2, 0.25) is 0 Å². The van der Waals surface area contributed by atoms with Crippen LogP contribution in [0.3, 0.4) is 0 Å². The van der Waals surface area contributed by atoms with Crippen molar-refractivity contribution in [1.82, 2.24) is 5.32 Å². The molecule has 0 radical (unpaired) electrons. The summed E-state index contributed by atoms with van der Waals surface area (Å²) in [5.74, 6) is 0.524. The van der Waals surface area contributed by atoms with Gasteiger partial charge in [-0.15, -0.1) is 0 Å². The van der Waals surface area contributed by atoms with Gasteiger partial charge in [0.05, 0.1) is 0 Å². The summed E-state index contributed by atoms with van der Waals surface area (Å²) in [5.41, 5.74) is 1.42. The van der Waals surface area contributed by atoms with Crippen LogP contribution in [-0.2, 0) is 10.2 Å². The van der Waals surface area contributed by atoms with E-state index in [0.29, 0.717) is 0 Å². The molecule has 1 aromatic carbocycles. The second kappa shape index (κ2) is 6.43. The number of hydrogen-bond donors (Lipinski definition) is 1. The molecule has 1 saturated carbocycles. The van der Waals surface area contributed by atoms with Gasteiger partial charge in [0.2, 0.25) is 5.91 Å². The lowest BCUT2D eigenvalue weighted by atomic mass is 9.79. The Morgan fingerprint density at radius 2 is 1.85 bits per heavy atom. The van der Waals surface area contributed by atoms with Gasteiger partial charge in [-0.25, -0.2) is 0 Å². The third-order valence-electron chi connectivity index (χ3n) is 4.49. The maximum absolute atomic E-state index is 12.2. The van der Waals surface area contributed by atoms with E-state index in [4.69, 9.17) is 0 Å². The lowest BCUT2D eigenvalue weighted by Gasteiger charge is -2.29. The summed E-state index contributed by atoms with van der Waals surface area (Å²) in [7, 11) is 0. The minimum absolute atomic E-state index is 0.0869. The molecule has 2 rings (SSSR count). The van der Waals surface area contributed by atoms with Gasteiger partial charge in [0.25, 0.3) is 0 Å². The first-order valence-electron chi connectivity index (χ1n) is 7.85. The third kappa shape index (κ3) is 3.84. The van der Waals surface area contributed by atoms with Gasteiger partial charge in [0.1, 0.15) is 0 Å². The summed E-state index contributed by atoms with van der Waals surface area (Å²) in [6, 6.07) is 10.8. The molecule has 0 aromatic heterocycles. The van der Waals surface area contributed by atoms with Crippen molar-refractivity contribution in [1.29, 1.82) is 0 Å². The Hall–Kier alpha value is -1.31. The van der Waals surface area contributed by atoms with Gasteiger partial charge in [-0.1, -0.05) is 57.0 Å². The standard InChI is InChI=1S/C18H27NO/c1-14(19-17(20)15-9-7-8-10-15)13-18(2,3)16-11-5-4-6-12-16/h4-6,11-12,14-15H,7-10,13H2,1-3H3,(H,19,20)/t14-/m0/s1. The minimum Gasteiger partial charge on any atom is -0.353 e. The van der Waals surface area contributed by atoms with Crippen molar-refractivity contribution in [3.8, 4) is 0 Å². The molecule has 1 amide bonds. The fraction of sp³-hybridized carbons (Fsp3) is 0.611. The Balaban J connectivity index is 1.90. The van der Waals surface area contributed by atoms with E-state index in [0.717, 1.165) is 19.3 Å². The van der Waals surface area contributed by atoms with Crippen LogP contribution in [0.25, 0.3) is 0 Å². The van der Waals surface area contributed by atoms with Crippen molar-refractivity contribution < 1.29 is 4.79 Å². The number of benzene rings is 1. The van der Waals surface area contributed by atoms with E-state index in [9.17, 15) is 4.79 Å². The lowest BCUT2D eigenvalue weighted by molar-refractivity contribution is -0.125. The summed E-state index contributed by atoms with van der Waals surface area (Å²) in [6.45, 7) is 6.62. The number of carbonyl (C=O) groups is 1. The van der Waals surface area contributed by atoms with Crippen molar-refractivity contribution in [2.75, 3.05) is 0 Å². The molecule has 1 N–H and O–H groups in total. The highest BCUT2D eigenvalue weighted by Gasteiger charge is 2.27. The van der Waals surface area contributed by atoms with Crippen molar-refractivity contribution in [3.05, 3.63) is 35.9 Å². The normalized spacial score (nSPS) is 17.9. The summed E-state index contributed by atoms with van der Waals surface area (Å²) < 4.78 is 0. The summed E-state index contributed by atoms with van der Waals surface area (Å²) in [6.07, 6.45) is 5.53. The smallest absolute Gasteiger partial charge is 0.223 e. The van der Waals surface area contributed by atoms with E-state index in [1.807, 2.05) is 6.07 Å². The quantitative estimate of drug-likeness (QED) is 0.861. The molecule has 0 unspecified atom stereocenters. The summed E-state index contributed by atoms with van der Waals surface area (Å²) in [4.78, 5) is 12.2. The predicted octanol–water partition coefficient (Wildman–Crippen LogP) is 4.05. The molecule has 0 spiro atoms. The van der Waals surface area contributed by atoms with Gasteiger partial charge in [-0.3, -0.25) is 4.79 Å². The Kier molecular flexibility index (Phi) is 4.85. The van der Waals surface area contributed by atoms with Crippen LogP contribution in [0.4, 0.5) is 0 Å². The van der Waals surface area contributed by atoms with Gasteiger partial charge >= 0.3 is 0 Å². The molecule has 1 atom stereocenters. The van der Waals surface area contributed by atoms with Gasteiger partial charge in [-0.2, -0.15) is 0 Å². The van der Waals surface area contributed by atoms with Crippen molar-refractivity contribution in [3.63, 3.8) is 0 Å².